The van der Waals surface area contributed by atoms with Gasteiger partial charge in [0.1, 0.15) is 5.75 Å². The summed E-state index contributed by atoms with van der Waals surface area (Å²) in [6.07, 6.45) is 1.63. The molecule has 106 valence electrons. The first-order valence-corrected chi connectivity index (χ1v) is 7.66. The second-order valence-corrected chi connectivity index (χ2v) is 7.03. The zero-order chi connectivity index (χ0) is 14.1. The largest absolute Gasteiger partial charge is 0.508 e. The van der Waals surface area contributed by atoms with Crippen molar-refractivity contribution in [2.24, 2.45) is 0 Å². The summed E-state index contributed by atoms with van der Waals surface area (Å²) in [4.78, 5) is 0.200. The van der Waals surface area contributed by atoms with Crippen LogP contribution in [0.15, 0.2) is 29.2 Å². The quantitative estimate of drug-likeness (QED) is 0.915. The number of benzene rings is 1. The highest BCUT2D eigenvalue weighted by Gasteiger charge is 2.36. The lowest BCUT2D eigenvalue weighted by molar-refractivity contribution is -0.0319. The molecule has 0 amide bonds. The predicted octanol–water partition coefficient (Wildman–Crippen LogP) is 1.58. The summed E-state index contributed by atoms with van der Waals surface area (Å²) in [5.74, 6) is 0.0549. The molecule has 1 atom stereocenters. The molecule has 0 spiro atoms. The highest BCUT2D eigenvalue weighted by molar-refractivity contribution is 7.89. The Morgan fingerprint density at radius 3 is 2.53 bits per heavy atom. The summed E-state index contributed by atoms with van der Waals surface area (Å²) in [7, 11) is -1.91. The molecule has 1 heterocycles. The van der Waals surface area contributed by atoms with E-state index in [0.717, 1.165) is 12.8 Å². The molecule has 0 aromatic heterocycles. The maximum atomic E-state index is 12.5. The maximum absolute atomic E-state index is 12.5. The van der Waals surface area contributed by atoms with Gasteiger partial charge in [-0.25, -0.2) is 8.42 Å². The van der Waals surface area contributed by atoms with Crippen molar-refractivity contribution in [3.8, 4) is 5.75 Å². The number of ether oxygens (including phenoxy) is 1. The Morgan fingerprint density at radius 2 is 1.95 bits per heavy atom. The first-order valence-electron chi connectivity index (χ1n) is 6.22. The fourth-order valence-electron chi connectivity index (χ4n) is 2.30. The first-order chi connectivity index (χ1) is 8.87. The fourth-order valence-corrected chi connectivity index (χ4v) is 3.89. The number of piperidine rings is 1. The van der Waals surface area contributed by atoms with Gasteiger partial charge in [0.05, 0.1) is 10.5 Å². The molecule has 1 aromatic carbocycles. The van der Waals surface area contributed by atoms with Crippen molar-refractivity contribution >= 4 is 10.0 Å². The third-order valence-electron chi connectivity index (χ3n) is 3.59. The summed E-state index contributed by atoms with van der Waals surface area (Å²) in [6.45, 7) is 2.78. The molecular formula is C13H19NO4S. The van der Waals surface area contributed by atoms with Gasteiger partial charge in [0.15, 0.2) is 0 Å². The minimum atomic E-state index is -3.52. The molecule has 2 rings (SSSR count). The van der Waals surface area contributed by atoms with Crippen LogP contribution in [-0.4, -0.2) is 43.6 Å². The van der Waals surface area contributed by atoms with Gasteiger partial charge in [-0.05, 0) is 44.0 Å². The zero-order valence-electron chi connectivity index (χ0n) is 11.2. The summed E-state index contributed by atoms with van der Waals surface area (Å²) < 4.78 is 31.8. The van der Waals surface area contributed by atoms with Gasteiger partial charge in [0.2, 0.25) is 10.0 Å². The average molecular weight is 285 g/mol. The van der Waals surface area contributed by atoms with Crippen LogP contribution >= 0.6 is 0 Å². The predicted molar refractivity (Wildman–Crippen MR) is 71.5 cm³/mol. The Labute approximate surface area is 113 Å². The molecule has 0 bridgehead atoms. The molecular weight excluding hydrogens is 266 g/mol. The van der Waals surface area contributed by atoms with E-state index in [2.05, 4.69) is 0 Å². The molecule has 1 fully saturated rings. The van der Waals surface area contributed by atoms with Crippen LogP contribution in [-0.2, 0) is 14.8 Å². The van der Waals surface area contributed by atoms with E-state index in [1.165, 1.54) is 28.6 Å². The molecule has 1 aliphatic rings. The topological polar surface area (TPSA) is 66.8 Å². The lowest BCUT2D eigenvalue weighted by Gasteiger charge is -2.38. The van der Waals surface area contributed by atoms with E-state index in [9.17, 15) is 13.5 Å². The summed E-state index contributed by atoms with van der Waals surface area (Å²) in [5.41, 5.74) is -0.428. The molecule has 1 N–H and O–H groups in total. The molecule has 1 saturated heterocycles. The van der Waals surface area contributed by atoms with Gasteiger partial charge in [0.25, 0.3) is 0 Å². The van der Waals surface area contributed by atoms with E-state index in [1.54, 1.807) is 7.11 Å². The third-order valence-corrected chi connectivity index (χ3v) is 5.45. The van der Waals surface area contributed by atoms with Crippen molar-refractivity contribution in [1.82, 2.24) is 4.31 Å². The summed E-state index contributed by atoms with van der Waals surface area (Å²) in [6, 6.07) is 5.60. The number of aromatic hydroxyl groups is 1. The van der Waals surface area contributed by atoms with Crippen molar-refractivity contribution in [2.75, 3.05) is 20.2 Å². The average Bonchev–Trinajstić information content (AvgIpc) is 2.39. The van der Waals surface area contributed by atoms with Crippen LogP contribution in [0.3, 0.4) is 0 Å². The number of nitrogens with zero attached hydrogens (tertiary/aromatic N) is 1. The summed E-state index contributed by atoms with van der Waals surface area (Å²) in [5, 5.41) is 9.23. The van der Waals surface area contributed by atoms with E-state index in [-0.39, 0.29) is 10.6 Å². The molecule has 19 heavy (non-hydrogen) atoms. The van der Waals surface area contributed by atoms with Crippen molar-refractivity contribution in [1.29, 1.82) is 0 Å². The van der Waals surface area contributed by atoms with Crippen molar-refractivity contribution < 1.29 is 18.3 Å². The smallest absolute Gasteiger partial charge is 0.243 e. The minimum Gasteiger partial charge on any atom is -0.508 e. The molecule has 0 aliphatic carbocycles. The molecule has 1 unspecified atom stereocenters. The van der Waals surface area contributed by atoms with Crippen molar-refractivity contribution in [3.05, 3.63) is 24.3 Å². The second kappa shape index (κ2) is 5.11. The molecule has 0 saturated carbocycles. The molecule has 5 nitrogen and oxygen atoms in total. The SMILES string of the molecule is COC1(C)CCCN(S(=O)(=O)c2ccc(O)cc2)C1. The molecule has 1 aromatic rings. The number of methoxy groups -OCH3 is 1. The number of sulfonamides is 1. The lowest BCUT2D eigenvalue weighted by atomic mass is 9.96. The Kier molecular flexibility index (Phi) is 3.85. The van der Waals surface area contributed by atoms with Crippen molar-refractivity contribution in [2.45, 2.75) is 30.3 Å². The fraction of sp³-hybridized carbons (Fsp3) is 0.538. The second-order valence-electron chi connectivity index (χ2n) is 5.09. The van der Waals surface area contributed by atoms with Gasteiger partial charge < -0.3 is 9.84 Å². The van der Waals surface area contributed by atoms with Crippen molar-refractivity contribution in [3.63, 3.8) is 0 Å². The number of hydrogen-bond donors (Lipinski definition) is 1. The van der Waals surface area contributed by atoms with Crippen LogP contribution in [0.2, 0.25) is 0 Å². The van der Waals surface area contributed by atoms with E-state index in [0.29, 0.717) is 13.1 Å². The first kappa shape index (κ1) is 14.3. The normalized spacial score (nSPS) is 25.4. The number of rotatable bonds is 3. The molecule has 6 heteroatoms. The highest BCUT2D eigenvalue weighted by Crippen LogP contribution is 2.28. The maximum Gasteiger partial charge on any atom is 0.243 e. The van der Waals surface area contributed by atoms with E-state index >= 15 is 0 Å². The van der Waals surface area contributed by atoms with Gasteiger partial charge in [-0.2, -0.15) is 4.31 Å². The number of phenols is 1. The van der Waals surface area contributed by atoms with E-state index in [1.807, 2.05) is 6.92 Å². The zero-order valence-corrected chi connectivity index (χ0v) is 12.0. The molecule has 0 radical (unpaired) electrons. The van der Waals surface area contributed by atoms with Crippen LogP contribution in [0.5, 0.6) is 5.75 Å². The van der Waals surface area contributed by atoms with Crippen LogP contribution in [0.25, 0.3) is 0 Å². The Morgan fingerprint density at radius 1 is 1.32 bits per heavy atom. The van der Waals surface area contributed by atoms with Gasteiger partial charge >= 0.3 is 0 Å². The Balaban J connectivity index is 2.27. The van der Waals surface area contributed by atoms with Gasteiger partial charge in [-0.1, -0.05) is 0 Å². The van der Waals surface area contributed by atoms with Gasteiger partial charge in [0, 0.05) is 20.2 Å². The third kappa shape index (κ3) is 2.91. The van der Waals surface area contributed by atoms with Crippen LogP contribution in [0.1, 0.15) is 19.8 Å². The Bertz CT molecular complexity index is 540. The monoisotopic (exact) mass is 285 g/mol. The lowest BCUT2D eigenvalue weighted by Crippen LogP contribution is -2.49. The van der Waals surface area contributed by atoms with Gasteiger partial charge in [-0.3, -0.25) is 0 Å². The van der Waals surface area contributed by atoms with Crippen LogP contribution in [0.4, 0.5) is 0 Å². The Hall–Kier alpha value is -1.11. The van der Waals surface area contributed by atoms with Gasteiger partial charge in [-0.15, -0.1) is 0 Å². The number of hydrogen-bond acceptors (Lipinski definition) is 4. The van der Waals surface area contributed by atoms with E-state index in [4.69, 9.17) is 4.74 Å². The van der Waals surface area contributed by atoms with Crippen LogP contribution < -0.4 is 0 Å². The highest BCUT2D eigenvalue weighted by atomic mass is 32.2. The van der Waals surface area contributed by atoms with E-state index < -0.39 is 15.6 Å². The number of phenolic OH excluding ortho intramolecular Hbond substituents is 1. The van der Waals surface area contributed by atoms with Crippen LogP contribution in [0, 0.1) is 0 Å². The standard InChI is InChI=1S/C13H19NO4S/c1-13(18-2)8-3-9-14(10-13)19(16,17)12-6-4-11(15)5-7-12/h4-7,15H,3,8-10H2,1-2H3. The summed E-state index contributed by atoms with van der Waals surface area (Å²) >= 11 is 0. The minimum absolute atomic E-state index is 0.0549. The molecule has 1 aliphatic heterocycles.